The highest BCUT2D eigenvalue weighted by Gasteiger charge is 2.13. The van der Waals surface area contributed by atoms with Gasteiger partial charge in [0.15, 0.2) is 11.6 Å². The first-order chi connectivity index (χ1) is 21.4. The molecular weight excluding hydrogens is 612 g/mol. The number of hydrogen-bond donors (Lipinski definition) is 4. The summed E-state index contributed by atoms with van der Waals surface area (Å²) in [7, 11) is 3.15. The molecule has 0 radical (unpaired) electrons. The van der Waals surface area contributed by atoms with Crippen LogP contribution in [0.1, 0.15) is 5.56 Å². The van der Waals surface area contributed by atoms with Crippen LogP contribution in [-0.2, 0) is 0 Å². The lowest BCUT2D eigenvalue weighted by molar-refractivity contribution is 1.07. The van der Waals surface area contributed by atoms with Gasteiger partial charge < -0.3 is 22.1 Å². The molecule has 10 nitrogen and oxygen atoms in total. The van der Waals surface area contributed by atoms with E-state index in [1.807, 2.05) is 91.9 Å². The molecule has 0 spiro atoms. The Morgan fingerprint density at radius 3 is 1.45 bits per heavy atom. The number of aryl methyl sites for hydroxylation is 1. The zero-order valence-electron chi connectivity index (χ0n) is 23.3. The smallest absolute Gasteiger partial charge is 0.232 e. The van der Waals surface area contributed by atoms with Gasteiger partial charge in [-0.2, -0.15) is 29.9 Å². The normalized spacial score (nSPS) is 10.9. The number of aromatic nitrogens is 6. The standard InChI is InChI=1S/C31H25ClN10S2/c1-18-10-12-19(13-11-18)26-37-28(33)41-30(39-26)35-22-6-2-4-8-24(22)43-44-25-9-5-3-7-23(25)36-31-40-27(38-29(34)42-31)20-14-16-21(32)17-15-20/h2-17H,1H3,(H3,33,35,37,39,41)(H3,34,36,38,40,42). The quantitative estimate of drug-likeness (QED) is 0.114. The number of benzene rings is 4. The van der Waals surface area contributed by atoms with E-state index in [9.17, 15) is 0 Å². The molecule has 0 atom stereocenters. The predicted molar refractivity (Wildman–Crippen MR) is 180 cm³/mol. The summed E-state index contributed by atoms with van der Waals surface area (Å²) in [5.74, 6) is 1.88. The second kappa shape index (κ2) is 13.2. The average molecular weight is 637 g/mol. The second-order valence-electron chi connectivity index (χ2n) is 9.46. The number of halogens is 1. The third kappa shape index (κ3) is 7.17. The van der Waals surface area contributed by atoms with Crippen LogP contribution in [0, 0.1) is 6.92 Å². The van der Waals surface area contributed by atoms with Crippen LogP contribution < -0.4 is 22.1 Å². The molecule has 13 heteroatoms. The zero-order valence-corrected chi connectivity index (χ0v) is 25.7. The van der Waals surface area contributed by atoms with Gasteiger partial charge in [-0.25, -0.2) is 0 Å². The molecular formula is C31H25ClN10S2. The highest BCUT2D eigenvalue weighted by molar-refractivity contribution is 8.76. The SMILES string of the molecule is Cc1ccc(-c2nc(N)nc(Nc3ccccc3SSc3ccccc3Nc3nc(N)nc(-c4ccc(Cl)cc4)n3)n2)cc1. The lowest BCUT2D eigenvalue weighted by atomic mass is 10.1. The second-order valence-corrected chi connectivity index (χ2v) is 12.1. The molecule has 0 bridgehead atoms. The Morgan fingerprint density at radius 1 is 0.545 bits per heavy atom. The van der Waals surface area contributed by atoms with Crippen molar-refractivity contribution >= 4 is 68.4 Å². The van der Waals surface area contributed by atoms with Gasteiger partial charge in [-0.05, 0) is 55.5 Å². The summed E-state index contributed by atoms with van der Waals surface area (Å²) in [4.78, 5) is 28.3. The van der Waals surface area contributed by atoms with Crippen LogP contribution in [0.5, 0.6) is 0 Å². The van der Waals surface area contributed by atoms with E-state index in [-0.39, 0.29) is 11.9 Å². The fraction of sp³-hybridized carbons (Fsp3) is 0.0323. The maximum Gasteiger partial charge on any atom is 0.232 e. The minimum Gasteiger partial charge on any atom is -0.368 e. The first kappa shape index (κ1) is 29.2. The monoisotopic (exact) mass is 636 g/mol. The van der Waals surface area contributed by atoms with Crippen molar-refractivity contribution in [2.24, 2.45) is 0 Å². The molecule has 0 aliphatic heterocycles. The minimum absolute atomic E-state index is 0.108. The van der Waals surface area contributed by atoms with Gasteiger partial charge in [0, 0.05) is 25.9 Å². The molecule has 4 aromatic carbocycles. The zero-order chi connectivity index (χ0) is 30.5. The van der Waals surface area contributed by atoms with E-state index in [1.165, 1.54) is 0 Å². The summed E-state index contributed by atoms with van der Waals surface area (Å²) in [5, 5.41) is 7.24. The highest BCUT2D eigenvalue weighted by Crippen LogP contribution is 2.44. The summed E-state index contributed by atoms with van der Waals surface area (Å²) in [6.07, 6.45) is 0. The van der Waals surface area contributed by atoms with Crippen molar-refractivity contribution in [3.63, 3.8) is 0 Å². The maximum absolute atomic E-state index is 6.04. The van der Waals surface area contributed by atoms with Crippen molar-refractivity contribution < 1.29 is 0 Å². The fourth-order valence-corrected chi connectivity index (χ4v) is 6.47. The minimum atomic E-state index is 0.108. The molecule has 6 aromatic rings. The molecule has 0 unspecified atom stereocenters. The number of hydrogen-bond acceptors (Lipinski definition) is 12. The summed E-state index contributed by atoms with van der Waals surface area (Å²) in [6, 6.07) is 30.9. The molecule has 218 valence electrons. The number of para-hydroxylation sites is 2. The molecule has 6 rings (SSSR count). The Morgan fingerprint density at radius 2 is 0.977 bits per heavy atom. The summed E-state index contributed by atoms with van der Waals surface area (Å²) >= 11 is 6.04. The van der Waals surface area contributed by atoms with Gasteiger partial charge in [0.1, 0.15) is 0 Å². The number of nitrogen functional groups attached to an aromatic ring is 2. The van der Waals surface area contributed by atoms with Crippen molar-refractivity contribution in [2.75, 3.05) is 22.1 Å². The highest BCUT2D eigenvalue weighted by atomic mass is 35.5. The van der Waals surface area contributed by atoms with Crippen LogP contribution in [0.4, 0.5) is 35.2 Å². The Balaban J connectivity index is 1.20. The molecule has 44 heavy (non-hydrogen) atoms. The molecule has 0 aliphatic carbocycles. The van der Waals surface area contributed by atoms with Gasteiger partial charge in [-0.1, -0.05) is 87.3 Å². The van der Waals surface area contributed by atoms with Crippen LogP contribution in [0.25, 0.3) is 22.8 Å². The van der Waals surface area contributed by atoms with Gasteiger partial charge in [0.25, 0.3) is 0 Å². The lowest BCUT2D eigenvalue weighted by Crippen LogP contribution is -2.05. The largest absolute Gasteiger partial charge is 0.368 e. The summed E-state index contributed by atoms with van der Waals surface area (Å²) < 4.78 is 0. The number of nitrogens with two attached hydrogens (primary N) is 2. The molecule has 0 amide bonds. The van der Waals surface area contributed by atoms with E-state index in [0.717, 1.165) is 37.9 Å². The van der Waals surface area contributed by atoms with Crippen molar-refractivity contribution in [3.8, 4) is 22.8 Å². The fourth-order valence-electron chi connectivity index (χ4n) is 4.07. The molecule has 0 saturated carbocycles. The van der Waals surface area contributed by atoms with Crippen molar-refractivity contribution in [1.29, 1.82) is 0 Å². The van der Waals surface area contributed by atoms with Gasteiger partial charge in [0.2, 0.25) is 23.8 Å². The number of nitrogens with one attached hydrogen (secondary N) is 2. The maximum atomic E-state index is 6.04. The van der Waals surface area contributed by atoms with E-state index >= 15 is 0 Å². The van der Waals surface area contributed by atoms with Crippen LogP contribution in [0.2, 0.25) is 5.02 Å². The van der Waals surface area contributed by atoms with Crippen LogP contribution in [0.15, 0.2) is 107 Å². The average Bonchev–Trinajstić information content (AvgIpc) is 3.01. The van der Waals surface area contributed by atoms with Crippen LogP contribution >= 0.6 is 33.2 Å². The van der Waals surface area contributed by atoms with Gasteiger partial charge in [-0.3, -0.25) is 0 Å². The summed E-state index contributed by atoms with van der Waals surface area (Å²) in [6.45, 7) is 2.03. The molecule has 6 N–H and O–H groups in total. The third-order valence-electron chi connectivity index (χ3n) is 6.21. The number of anilines is 6. The van der Waals surface area contributed by atoms with Crippen LogP contribution in [-0.4, -0.2) is 29.9 Å². The van der Waals surface area contributed by atoms with Crippen LogP contribution in [0.3, 0.4) is 0 Å². The molecule has 2 heterocycles. The van der Waals surface area contributed by atoms with Crippen molar-refractivity contribution in [3.05, 3.63) is 108 Å². The predicted octanol–water partition coefficient (Wildman–Crippen LogP) is 7.80. The van der Waals surface area contributed by atoms with E-state index in [2.05, 4.69) is 40.5 Å². The first-order valence-electron chi connectivity index (χ1n) is 13.3. The first-order valence-corrected chi connectivity index (χ1v) is 15.8. The third-order valence-corrected chi connectivity index (χ3v) is 8.94. The summed E-state index contributed by atoms with van der Waals surface area (Å²) in [5.41, 5.74) is 16.5. The Kier molecular flexibility index (Phi) is 8.73. The Bertz CT molecular complexity index is 1780. The van der Waals surface area contributed by atoms with Crippen molar-refractivity contribution in [1.82, 2.24) is 29.9 Å². The topological polar surface area (TPSA) is 153 Å². The van der Waals surface area contributed by atoms with E-state index in [4.69, 9.17) is 23.1 Å². The van der Waals surface area contributed by atoms with E-state index in [1.54, 1.807) is 33.7 Å². The van der Waals surface area contributed by atoms with E-state index < -0.39 is 0 Å². The van der Waals surface area contributed by atoms with E-state index in [0.29, 0.717) is 28.6 Å². The number of rotatable bonds is 9. The number of nitrogens with zero attached hydrogens (tertiary/aromatic N) is 6. The Labute approximate surface area is 266 Å². The molecule has 0 saturated heterocycles. The van der Waals surface area contributed by atoms with Gasteiger partial charge in [-0.15, -0.1) is 0 Å². The van der Waals surface area contributed by atoms with Gasteiger partial charge >= 0.3 is 0 Å². The van der Waals surface area contributed by atoms with Gasteiger partial charge in [0.05, 0.1) is 11.4 Å². The molecule has 2 aromatic heterocycles. The van der Waals surface area contributed by atoms with Crippen molar-refractivity contribution in [2.45, 2.75) is 16.7 Å². The lowest BCUT2D eigenvalue weighted by Gasteiger charge is -2.13. The molecule has 0 fully saturated rings. The Hall–Kier alpha value is -4.91. The molecule has 0 aliphatic rings.